The number of hydrogen-bond donors (Lipinski definition) is 1. The second kappa shape index (κ2) is 9.16. The molecule has 0 unspecified atom stereocenters. The molecule has 0 fully saturated rings. The minimum atomic E-state index is 0.129. The fourth-order valence-electron chi connectivity index (χ4n) is 1.58. The minimum Gasteiger partial charge on any atom is -0.395 e. The molecular weight excluding hydrogens is 244 g/mol. The SMILES string of the molecule is CCC(CC)COCc1ccc(C#CCCO)s1. The molecule has 100 valence electrons. The third-order valence-electron chi connectivity index (χ3n) is 2.86. The summed E-state index contributed by atoms with van der Waals surface area (Å²) in [7, 11) is 0. The summed E-state index contributed by atoms with van der Waals surface area (Å²) in [5.74, 6) is 6.64. The fourth-order valence-corrected chi connectivity index (χ4v) is 2.40. The monoisotopic (exact) mass is 266 g/mol. The van der Waals surface area contributed by atoms with E-state index in [2.05, 4.69) is 31.8 Å². The Morgan fingerprint density at radius 2 is 2.11 bits per heavy atom. The number of aliphatic hydroxyl groups excluding tert-OH is 1. The van der Waals surface area contributed by atoms with Crippen molar-refractivity contribution in [1.29, 1.82) is 0 Å². The molecule has 0 bridgehead atoms. The van der Waals surface area contributed by atoms with Crippen LogP contribution in [0.15, 0.2) is 12.1 Å². The van der Waals surface area contributed by atoms with Gasteiger partial charge in [0.25, 0.3) is 0 Å². The van der Waals surface area contributed by atoms with E-state index in [-0.39, 0.29) is 6.61 Å². The van der Waals surface area contributed by atoms with Crippen LogP contribution < -0.4 is 0 Å². The molecule has 1 heterocycles. The van der Waals surface area contributed by atoms with E-state index in [1.165, 1.54) is 17.7 Å². The van der Waals surface area contributed by atoms with Gasteiger partial charge in [-0.3, -0.25) is 0 Å². The van der Waals surface area contributed by atoms with Crippen molar-refractivity contribution in [3.63, 3.8) is 0 Å². The molecule has 1 aromatic heterocycles. The summed E-state index contributed by atoms with van der Waals surface area (Å²) in [6, 6.07) is 4.09. The normalized spacial score (nSPS) is 10.4. The van der Waals surface area contributed by atoms with Crippen LogP contribution >= 0.6 is 11.3 Å². The molecule has 0 aliphatic heterocycles. The summed E-state index contributed by atoms with van der Waals surface area (Å²) < 4.78 is 5.72. The topological polar surface area (TPSA) is 29.5 Å². The molecule has 0 saturated heterocycles. The summed E-state index contributed by atoms with van der Waals surface area (Å²) in [4.78, 5) is 2.26. The van der Waals surface area contributed by atoms with Crippen molar-refractivity contribution < 1.29 is 9.84 Å². The average Bonchev–Trinajstić information content (AvgIpc) is 2.83. The largest absolute Gasteiger partial charge is 0.395 e. The van der Waals surface area contributed by atoms with Crippen molar-refractivity contribution in [2.75, 3.05) is 13.2 Å². The van der Waals surface area contributed by atoms with Gasteiger partial charge in [-0.15, -0.1) is 11.3 Å². The zero-order chi connectivity index (χ0) is 13.2. The van der Waals surface area contributed by atoms with E-state index in [0.29, 0.717) is 18.9 Å². The highest BCUT2D eigenvalue weighted by molar-refractivity contribution is 7.12. The predicted molar refractivity (Wildman–Crippen MR) is 76.6 cm³/mol. The maximum absolute atomic E-state index is 8.65. The van der Waals surface area contributed by atoms with Gasteiger partial charge >= 0.3 is 0 Å². The van der Waals surface area contributed by atoms with Gasteiger partial charge in [0.05, 0.1) is 18.1 Å². The molecule has 1 aromatic rings. The van der Waals surface area contributed by atoms with Crippen LogP contribution in [0.25, 0.3) is 0 Å². The molecule has 0 amide bonds. The Bertz CT molecular complexity index is 383. The van der Waals surface area contributed by atoms with Crippen LogP contribution in [-0.4, -0.2) is 18.3 Å². The quantitative estimate of drug-likeness (QED) is 0.766. The molecule has 1 rings (SSSR count). The second-order valence-corrected chi connectivity index (χ2v) is 5.41. The van der Waals surface area contributed by atoms with Crippen molar-refractivity contribution in [2.24, 2.45) is 5.92 Å². The maximum Gasteiger partial charge on any atom is 0.0809 e. The number of hydrogen-bond acceptors (Lipinski definition) is 3. The smallest absolute Gasteiger partial charge is 0.0809 e. The first-order valence-electron chi connectivity index (χ1n) is 6.56. The van der Waals surface area contributed by atoms with E-state index in [1.807, 2.05) is 6.07 Å². The van der Waals surface area contributed by atoms with Crippen molar-refractivity contribution in [2.45, 2.75) is 39.7 Å². The summed E-state index contributed by atoms with van der Waals surface area (Å²) in [5, 5.41) is 8.65. The maximum atomic E-state index is 8.65. The Kier molecular flexibility index (Phi) is 7.75. The summed E-state index contributed by atoms with van der Waals surface area (Å²) in [5.41, 5.74) is 0. The predicted octanol–water partition coefficient (Wildman–Crippen LogP) is 3.43. The highest BCUT2D eigenvalue weighted by atomic mass is 32.1. The van der Waals surface area contributed by atoms with Crippen LogP contribution in [0.2, 0.25) is 0 Å². The minimum absolute atomic E-state index is 0.129. The molecule has 1 N–H and O–H groups in total. The highest BCUT2D eigenvalue weighted by Gasteiger charge is 2.04. The van der Waals surface area contributed by atoms with Gasteiger partial charge in [-0.05, 0) is 18.1 Å². The van der Waals surface area contributed by atoms with Crippen LogP contribution in [0.4, 0.5) is 0 Å². The van der Waals surface area contributed by atoms with Crippen LogP contribution in [0, 0.1) is 17.8 Å². The molecule has 3 heteroatoms. The van der Waals surface area contributed by atoms with Crippen LogP contribution in [-0.2, 0) is 11.3 Å². The fraction of sp³-hybridized carbons (Fsp3) is 0.600. The summed E-state index contributed by atoms with van der Waals surface area (Å²) >= 11 is 1.67. The number of thiophene rings is 1. The van der Waals surface area contributed by atoms with E-state index in [9.17, 15) is 0 Å². The van der Waals surface area contributed by atoms with E-state index in [4.69, 9.17) is 9.84 Å². The van der Waals surface area contributed by atoms with Gasteiger partial charge in [-0.25, -0.2) is 0 Å². The summed E-state index contributed by atoms with van der Waals surface area (Å²) in [6.45, 7) is 6.07. The first-order valence-corrected chi connectivity index (χ1v) is 7.38. The van der Waals surface area contributed by atoms with Gasteiger partial charge in [-0.1, -0.05) is 38.5 Å². The first kappa shape index (κ1) is 15.2. The van der Waals surface area contributed by atoms with E-state index >= 15 is 0 Å². The Morgan fingerprint density at radius 1 is 1.33 bits per heavy atom. The number of ether oxygens (including phenoxy) is 1. The van der Waals surface area contributed by atoms with Crippen LogP contribution in [0.1, 0.15) is 42.9 Å². The number of aliphatic hydroxyl groups is 1. The lowest BCUT2D eigenvalue weighted by Crippen LogP contribution is -2.06. The van der Waals surface area contributed by atoms with Crippen molar-refractivity contribution in [3.8, 4) is 11.8 Å². The molecule has 0 radical (unpaired) electrons. The van der Waals surface area contributed by atoms with Crippen LogP contribution in [0.5, 0.6) is 0 Å². The molecule has 2 nitrogen and oxygen atoms in total. The standard InChI is InChI=1S/C15H22O2S/c1-3-13(4-2)11-17-12-15-9-8-14(18-15)7-5-6-10-16/h8-9,13,16H,3-4,6,10-12H2,1-2H3. The molecular formula is C15H22O2S. The summed E-state index contributed by atoms with van der Waals surface area (Å²) in [6.07, 6.45) is 2.90. The van der Waals surface area contributed by atoms with Crippen molar-refractivity contribution in [3.05, 3.63) is 21.9 Å². The lowest BCUT2D eigenvalue weighted by atomic mass is 10.1. The van der Waals surface area contributed by atoms with Crippen LogP contribution in [0.3, 0.4) is 0 Å². The molecule has 0 atom stereocenters. The zero-order valence-corrected chi connectivity index (χ0v) is 12.1. The lowest BCUT2D eigenvalue weighted by molar-refractivity contribution is 0.0860. The Labute approximate surface area is 114 Å². The third kappa shape index (κ3) is 5.68. The van der Waals surface area contributed by atoms with Gasteiger partial charge in [0.1, 0.15) is 0 Å². The zero-order valence-electron chi connectivity index (χ0n) is 11.2. The molecule has 0 aliphatic carbocycles. The van der Waals surface area contributed by atoms with Gasteiger partial charge in [0, 0.05) is 17.9 Å². The lowest BCUT2D eigenvalue weighted by Gasteiger charge is -2.11. The molecule has 0 saturated carbocycles. The van der Waals surface area contributed by atoms with Gasteiger partial charge in [0.2, 0.25) is 0 Å². The molecule has 0 aromatic carbocycles. The van der Waals surface area contributed by atoms with Gasteiger partial charge in [0.15, 0.2) is 0 Å². The second-order valence-electron chi connectivity index (χ2n) is 4.24. The molecule has 0 spiro atoms. The van der Waals surface area contributed by atoms with E-state index in [0.717, 1.165) is 11.5 Å². The average molecular weight is 266 g/mol. The molecule has 0 aliphatic rings. The number of rotatable bonds is 7. The van der Waals surface area contributed by atoms with Gasteiger partial charge in [-0.2, -0.15) is 0 Å². The Balaban J connectivity index is 2.34. The Hall–Kier alpha value is -0.820. The van der Waals surface area contributed by atoms with E-state index in [1.54, 1.807) is 11.3 Å². The van der Waals surface area contributed by atoms with E-state index < -0.39 is 0 Å². The van der Waals surface area contributed by atoms with Crippen molar-refractivity contribution in [1.82, 2.24) is 0 Å². The highest BCUT2D eigenvalue weighted by Crippen LogP contribution is 2.17. The third-order valence-corrected chi connectivity index (χ3v) is 3.84. The van der Waals surface area contributed by atoms with Gasteiger partial charge < -0.3 is 9.84 Å². The first-order chi connectivity index (χ1) is 8.80. The Morgan fingerprint density at radius 3 is 2.78 bits per heavy atom. The molecule has 18 heavy (non-hydrogen) atoms. The van der Waals surface area contributed by atoms with Crippen molar-refractivity contribution >= 4 is 11.3 Å².